The molecule has 2 atom stereocenters. The molecule has 1 nitrogen and oxygen atoms in total. The molecule has 0 saturated heterocycles. The third-order valence-electron chi connectivity index (χ3n) is 3.57. The summed E-state index contributed by atoms with van der Waals surface area (Å²) in [5.74, 6) is 0. The second kappa shape index (κ2) is 8.55. The zero-order chi connectivity index (χ0) is 14.5. The Morgan fingerprint density at radius 2 is 1.76 bits per heavy atom. The summed E-state index contributed by atoms with van der Waals surface area (Å²) in [6.07, 6.45) is 1.05. The van der Waals surface area contributed by atoms with E-state index in [9.17, 15) is 4.79 Å². The molecule has 2 rings (SSSR count). The molecule has 0 aliphatic heterocycles. The van der Waals surface area contributed by atoms with Crippen molar-refractivity contribution in [2.75, 3.05) is 0 Å². The fraction of sp³-hybridized carbons (Fsp3) is 0.278. The number of hydrogen-bond donors (Lipinski definition) is 0. The first-order chi connectivity index (χ1) is 9.63. The van der Waals surface area contributed by atoms with E-state index in [2.05, 4.69) is 32.0 Å². The molecule has 0 bridgehead atoms. The molecule has 2 unspecified atom stereocenters. The number of rotatable bonds is 5. The molecule has 0 heterocycles. The molecular formula is C18H21LiOP. The Morgan fingerprint density at radius 3 is 2.38 bits per heavy atom. The number of carbonyl (C=O) groups excluding carboxylic acids is 1. The molecule has 105 valence electrons. The molecule has 0 N–H and O–H groups in total. The average Bonchev–Trinajstić information content (AvgIpc) is 2.47. The van der Waals surface area contributed by atoms with Gasteiger partial charge in [0, 0.05) is 24.4 Å². The standard InChI is InChI=1S/C18H21OP.Li/c1-4-14(3)20-18(19)17-13(2)9-8-12-16(17)15-10-6-5-7-11-15;/h5-12,14,20H,4H2,1-3H3;. The van der Waals surface area contributed by atoms with E-state index in [1.807, 2.05) is 37.3 Å². The molecule has 2 aromatic carbocycles. The number of benzene rings is 2. The second-order valence-electron chi connectivity index (χ2n) is 5.15. The normalized spacial score (nSPS) is 12.1. The van der Waals surface area contributed by atoms with Gasteiger partial charge in [-0.05, 0) is 44.3 Å². The van der Waals surface area contributed by atoms with Crippen molar-refractivity contribution in [3.8, 4) is 11.1 Å². The van der Waals surface area contributed by atoms with Crippen molar-refractivity contribution in [3.05, 3.63) is 59.7 Å². The Morgan fingerprint density at radius 1 is 1.10 bits per heavy atom. The molecular weight excluding hydrogens is 270 g/mol. The van der Waals surface area contributed by atoms with Crippen LogP contribution in [0.5, 0.6) is 0 Å². The van der Waals surface area contributed by atoms with Gasteiger partial charge in [-0.3, -0.25) is 4.79 Å². The molecule has 3 heteroatoms. The van der Waals surface area contributed by atoms with Crippen molar-refractivity contribution in [3.63, 3.8) is 0 Å². The third kappa shape index (κ3) is 4.55. The van der Waals surface area contributed by atoms with E-state index in [4.69, 9.17) is 0 Å². The van der Waals surface area contributed by atoms with Gasteiger partial charge in [-0.1, -0.05) is 62.4 Å². The molecule has 0 aromatic heterocycles. The third-order valence-corrected chi connectivity index (χ3v) is 4.99. The summed E-state index contributed by atoms with van der Waals surface area (Å²) in [6, 6.07) is 16.3. The van der Waals surface area contributed by atoms with Crippen LogP contribution in [-0.2, 0) is 0 Å². The summed E-state index contributed by atoms with van der Waals surface area (Å²) in [7, 11) is 0.356. The van der Waals surface area contributed by atoms with Gasteiger partial charge in [-0.2, -0.15) is 0 Å². The van der Waals surface area contributed by atoms with Crippen molar-refractivity contribution in [1.29, 1.82) is 0 Å². The fourth-order valence-corrected chi connectivity index (χ4v) is 3.35. The van der Waals surface area contributed by atoms with Crippen LogP contribution in [-0.4, -0.2) is 30.0 Å². The molecule has 1 radical (unpaired) electrons. The second-order valence-corrected chi connectivity index (χ2v) is 6.87. The molecule has 0 aliphatic rings. The summed E-state index contributed by atoms with van der Waals surface area (Å²) in [5.41, 5.74) is 4.91. The molecule has 0 fully saturated rings. The van der Waals surface area contributed by atoms with Gasteiger partial charge in [0.2, 0.25) is 0 Å². The van der Waals surface area contributed by atoms with Crippen molar-refractivity contribution in [2.45, 2.75) is 32.9 Å². The van der Waals surface area contributed by atoms with Crippen LogP contribution >= 0.6 is 8.58 Å². The minimum atomic E-state index is 0. The summed E-state index contributed by atoms with van der Waals surface area (Å²) in [6.45, 7) is 6.32. The first kappa shape index (κ1) is 18.2. The van der Waals surface area contributed by atoms with E-state index in [0.717, 1.165) is 28.7 Å². The SMILES string of the molecule is CCC(C)PC(=O)c1c(C)cccc1-c1ccccc1.[Li]. The first-order valence-corrected chi connectivity index (χ1v) is 8.17. The summed E-state index contributed by atoms with van der Waals surface area (Å²) >= 11 is 0. The Balaban J connectivity index is 0.00000220. The molecule has 0 amide bonds. The van der Waals surface area contributed by atoms with Crippen LogP contribution in [0.1, 0.15) is 36.2 Å². The maximum absolute atomic E-state index is 12.6. The topological polar surface area (TPSA) is 17.1 Å². The zero-order valence-electron chi connectivity index (χ0n) is 13.3. The number of hydrogen-bond acceptors (Lipinski definition) is 1. The number of carbonyl (C=O) groups is 1. The molecule has 0 saturated carbocycles. The molecule has 2 aromatic rings. The van der Waals surface area contributed by atoms with Crippen LogP contribution < -0.4 is 0 Å². The number of aryl methyl sites for hydroxylation is 1. The Labute approximate surface area is 141 Å². The monoisotopic (exact) mass is 291 g/mol. The largest absolute Gasteiger partial charge is 0.289 e. The van der Waals surface area contributed by atoms with Crippen LogP contribution in [0.3, 0.4) is 0 Å². The van der Waals surface area contributed by atoms with Gasteiger partial charge in [0.15, 0.2) is 5.52 Å². The van der Waals surface area contributed by atoms with Gasteiger partial charge in [-0.15, -0.1) is 0 Å². The van der Waals surface area contributed by atoms with E-state index in [-0.39, 0.29) is 24.4 Å². The maximum atomic E-state index is 12.6. The summed E-state index contributed by atoms with van der Waals surface area (Å²) < 4.78 is 0. The van der Waals surface area contributed by atoms with Gasteiger partial charge in [-0.25, -0.2) is 0 Å². The molecule has 0 aliphatic carbocycles. The smallest absolute Gasteiger partial charge is 0.182 e. The minimum absolute atomic E-state index is 0. The van der Waals surface area contributed by atoms with Crippen LogP contribution in [0, 0.1) is 6.92 Å². The van der Waals surface area contributed by atoms with Crippen molar-refractivity contribution in [2.24, 2.45) is 0 Å². The Kier molecular flexibility index (Phi) is 7.40. The average molecular weight is 291 g/mol. The van der Waals surface area contributed by atoms with E-state index in [0.29, 0.717) is 14.2 Å². The van der Waals surface area contributed by atoms with Gasteiger partial charge in [0.05, 0.1) is 0 Å². The van der Waals surface area contributed by atoms with Crippen molar-refractivity contribution in [1.82, 2.24) is 0 Å². The van der Waals surface area contributed by atoms with E-state index in [1.54, 1.807) is 0 Å². The predicted octanol–water partition coefficient (Wildman–Crippen LogP) is 4.90. The van der Waals surface area contributed by atoms with Crippen LogP contribution in [0.2, 0.25) is 0 Å². The van der Waals surface area contributed by atoms with E-state index >= 15 is 0 Å². The van der Waals surface area contributed by atoms with E-state index < -0.39 is 0 Å². The van der Waals surface area contributed by atoms with Crippen LogP contribution in [0.25, 0.3) is 11.1 Å². The maximum Gasteiger partial charge on any atom is 0.182 e. The van der Waals surface area contributed by atoms with Crippen LogP contribution in [0.4, 0.5) is 0 Å². The summed E-state index contributed by atoms with van der Waals surface area (Å²) in [4.78, 5) is 12.6. The predicted molar refractivity (Wildman–Crippen MR) is 94.8 cm³/mol. The summed E-state index contributed by atoms with van der Waals surface area (Å²) in [5, 5.41) is 0. The molecule has 0 spiro atoms. The van der Waals surface area contributed by atoms with Gasteiger partial charge in [0.1, 0.15) is 0 Å². The van der Waals surface area contributed by atoms with Gasteiger partial charge >= 0.3 is 0 Å². The minimum Gasteiger partial charge on any atom is -0.289 e. The first-order valence-electron chi connectivity index (χ1n) is 7.09. The Bertz CT molecular complexity index is 595. The fourth-order valence-electron chi connectivity index (χ4n) is 2.23. The molecule has 21 heavy (non-hydrogen) atoms. The van der Waals surface area contributed by atoms with Crippen molar-refractivity contribution < 1.29 is 4.79 Å². The quantitative estimate of drug-likeness (QED) is 0.565. The van der Waals surface area contributed by atoms with Crippen molar-refractivity contribution >= 4 is 33.0 Å². The van der Waals surface area contributed by atoms with Gasteiger partial charge < -0.3 is 0 Å². The van der Waals surface area contributed by atoms with Gasteiger partial charge in [0.25, 0.3) is 0 Å². The zero-order valence-corrected chi connectivity index (χ0v) is 14.3. The Hall–Kier alpha value is -0.863. The van der Waals surface area contributed by atoms with E-state index in [1.165, 1.54) is 0 Å². The van der Waals surface area contributed by atoms with Crippen LogP contribution in [0.15, 0.2) is 48.5 Å².